The number of hydrogen-bond donors (Lipinski definition) is 0. The standard InChI is InChI=1S/C21H14Cl2N2OS3/c1-25-20(26)18(29-21(25)24-15-6-2-13(22)3-7-15)12-17-10-11-19(28-17)27-16-8-4-14(23)5-9-16/h2-12H,1H3/b18-12-,24-21?. The van der Waals surface area contributed by atoms with Crippen molar-refractivity contribution in [1.29, 1.82) is 0 Å². The number of rotatable bonds is 4. The molecule has 1 amide bonds. The van der Waals surface area contributed by atoms with Crippen molar-refractivity contribution < 1.29 is 4.79 Å². The predicted octanol–water partition coefficient (Wildman–Crippen LogP) is 7.44. The SMILES string of the molecule is CN1C(=O)/C(=C/c2ccc(Sc3ccc(Cl)cc3)s2)SC1=Nc1ccc(Cl)cc1. The molecule has 4 rings (SSSR count). The van der Waals surface area contributed by atoms with Crippen LogP contribution in [0.1, 0.15) is 4.88 Å². The summed E-state index contributed by atoms with van der Waals surface area (Å²) in [5.74, 6) is -0.0528. The van der Waals surface area contributed by atoms with E-state index in [1.165, 1.54) is 11.8 Å². The highest BCUT2D eigenvalue weighted by molar-refractivity contribution is 8.18. The van der Waals surface area contributed by atoms with E-state index in [2.05, 4.69) is 11.1 Å². The van der Waals surface area contributed by atoms with Gasteiger partial charge in [-0.3, -0.25) is 9.69 Å². The number of thiophene rings is 1. The summed E-state index contributed by atoms with van der Waals surface area (Å²) in [6.07, 6.45) is 1.92. The van der Waals surface area contributed by atoms with Gasteiger partial charge in [-0.2, -0.15) is 0 Å². The van der Waals surface area contributed by atoms with Crippen LogP contribution in [0.5, 0.6) is 0 Å². The number of carbonyl (C=O) groups excluding carboxylic acids is 1. The van der Waals surface area contributed by atoms with Crippen LogP contribution < -0.4 is 0 Å². The molecule has 1 fully saturated rings. The average Bonchev–Trinajstić information content (AvgIpc) is 3.25. The minimum absolute atomic E-state index is 0.0528. The van der Waals surface area contributed by atoms with E-state index < -0.39 is 0 Å². The van der Waals surface area contributed by atoms with Gasteiger partial charge in [0.15, 0.2) is 5.17 Å². The summed E-state index contributed by atoms with van der Waals surface area (Å²) >= 11 is 16.6. The van der Waals surface area contributed by atoms with E-state index in [4.69, 9.17) is 23.2 Å². The van der Waals surface area contributed by atoms with Crippen LogP contribution in [-0.2, 0) is 4.79 Å². The summed E-state index contributed by atoms with van der Waals surface area (Å²) in [4.78, 5) is 21.6. The molecule has 29 heavy (non-hydrogen) atoms. The van der Waals surface area contributed by atoms with Crippen LogP contribution in [-0.4, -0.2) is 23.0 Å². The number of hydrogen-bond acceptors (Lipinski definition) is 5. The molecule has 2 aromatic carbocycles. The topological polar surface area (TPSA) is 32.7 Å². The van der Waals surface area contributed by atoms with Crippen LogP contribution >= 0.6 is 58.1 Å². The molecule has 3 aromatic rings. The van der Waals surface area contributed by atoms with Crippen molar-refractivity contribution in [2.24, 2.45) is 4.99 Å². The molecule has 0 unspecified atom stereocenters. The largest absolute Gasteiger partial charge is 0.290 e. The van der Waals surface area contributed by atoms with Crippen molar-refractivity contribution in [2.45, 2.75) is 9.10 Å². The van der Waals surface area contributed by atoms with E-state index in [9.17, 15) is 4.79 Å². The number of nitrogens with zero attached hydrogens (tertiary/aromatic N) is 2. The number of aliphatic imine (C=N–C) groups is 1. The zero-order valence-electron chi connectivity index (χ0n) is 15.1. The second-order valence-corrected chi connectivity index (χ2v) is 10.4. The Kier molecular flexibility index (Phi) is 6.37. The van der Waals surface area contributed by atoms with Gasteiger partial charge in [0.05, 0.1) is 14.8 Å². The zero-order chi connectivity index (χ0) is 20.4. The van der Waals surface area contributed by atoms with Gasteiger partial charge in [-0.05, 0) is 78.5 Å². The number of amides is 1. The smallest absolute Gasteiger partial charge is 0.266 e. The van der Waals surface area contributed by atoms with E-state index in [0.717, 1.165) is 24.7 Å². The molecule has 2 heterocycles. The first-order chi connectivity index (χ1) is 14.0. The molecule has 0 N–H and O–H groups in total. The highest BCUT2D eigenvalue weighted by Gasteiger charge is 2.30. The molecular formula is C21H14Cl2N2OS3. The summed E-state index contributed by atoms with van der Waals surface area (Å²) in [5, 5.41) is 2.03. The Morgan fingerprint density at radius 2 is 1.62 bits per heavy atom. The molecule has 0 spiro atoms. The van der Waals surface area contributed by atoms with Crippen LogP contribution in [0.25, 0.3) is 6.08 Å². The van der Waals surface area contributed by atoms with Gasteiger partial charge in [-0.1, -0.05) is 35.0 Å². The number of halogens is 2. The Morgan fingerprint density at radius 1 is 0.966 bits per heavy atom. The molecule has 0 saturated carbocycles. The first-order valence-corrected chi connectivity index (χ1v) is 11.7. The lowest BCUT2D eigenvalue weighted by atomic mass is 10.3. The third-order valence-electron chi connectivity index (χ3n) is 3.96. The fourth-order valence-electron chi connectivity index (χ4n) is 2.49. The van der Waals surface area contributed by atoms with Crippen molar-refractivity contribution in [1.82, 2.24) is 4.90 Å². The van der Waals surface area contributed by atoms with Crippen molar-refractivity contribution in [2.75, 3.05) is 7.05 Å². The zero-order valence-corrected chi connectivity index (χ0v) is 19.1. The van der Waals surface area contributed by atoms with Crippen LogP contribution in [0.4, 0.5) is 5.69 Å². The minimum Gasteiger partial charge on any atom is -0.290 e. The number of carbonyl (C=O) groups is 1. The normalized spacial score (nSPS) is 16.9. The molecule has 1 aromatic heterocycles. The number of likely N-dealkylation sites (N-methyl/N-ethyl adjacent to an activating group) is 1. The first kappa shape index (κ1) is 20.6. The fraction of sp³-hybridized carbons (Fsp3) is 0.0476. The highest BCUT2D eigenvalue weighted by Crippen LogP contribution is 2.37. The number of thioether (sulfide) groups is 1. The molecule has 8 heteroatoms. The van der Waals surface area contributed by atoms with Gasteiger partial charge in [0.1, 0.15) is 0 Å². The van der Waals surface area contributed by atoms with E-state index in [1.807, 2.05) is 48.5 Å². The van der Waals surface area contributed by atoms with Crippen LogP contribution in [0, 0.1) is 0 Å². The molecule has 0 aliphatic carbocycles. The second-order valence-electron chi connectivity index (χ2n) is 6.06. The van der Waals surface area contributed by atoms with Crippen molar-refractivity contribution in [3.8, 4) is 0 Å². The molecule has 0 bridgehead atoms. The molecule has 1 saturated heterocycles. The van der Waals surface area contributed by atoms with Gasteiger partial charge >= 0.3 is 0 Å². The molecule has 146 valence electrons. The van der Waals surface area contributed by atoms with Gasteiger partial charge < -0.3 is 0 Å². The van der Waals surface area contributed by atoms with Crippen LogP contribution in [0.15, 0.2) is 79.7 Å². The summed E-state index contributed by atoms with van der Waals surface area (Å²) in [7, 11) is 1.74. The van der Waals surface area contributed by atoms with Gasteiger partial charge in [0, 0.05) is 26.9 Å². The van der Waals surface area contributed by atoms with Crippen molar-refractivity contribution in [3.63, 3.8) is 0 Å². The Morgan fingerprint density at radius 3 is 2.31 bits per heavy atom. The lowest BCUT2D eigenvalue weighted by Crippen LogP contribution is -2.23. The molecule has 0 atom stereocenters. The lowest BCUT2D eigenvalue weighted by Gasteiger charge is -2.06. The van der Waals surface area contributed by atoms with Gasteiger partial charge in [0.2, 0.25) is 0 Å². The third kappa shape index (κ3) is 5.08. The average molecular weight is 477 g/mol. The monoisotopic (exact) mass is 476 g/mol. The Balaban J connectivity index is 1.51. The molecule has 1 aliphatic heterocycles. The highest BCUT2D eigenvalue weighted by atomic mass is 35.5. The van der Waals surface area contributed by atoms with Gasteiger partial charge in [-0.25, -0.2) is 4.99 Å². The van der Waals surface area contributed by atoms with E-state index in [-0.39, 0.29) is 5.91 Å². The summed E-state index contributed by atoms with van der Waals surface area (Å²) in [6.45, 7) is 0. The maximum absolute atomic E-state index is 12.6. The van der Waals surface area contributed by atoms with Gasteiger partial charge in [-0.15, -0.1) is 11.3 Å². The summed E-state index contributed by atoms with van der Waals surface area (Å²) in [5.41, 5.74) is 0.760. The predicted molar refractivity (Wildman–Crippen MR) is 127 cm³/mol. The van der Waals surface area contributed by atoms with E-state index in [0.29, 0.717) is 15.1 Å². The third-order valence-corrected chi connectivity index (χ3v) is 7.70. The van der Waals surface area contributed by atoms with Crippen molar-refractivity contribution >= 4 is 80.9 Å². The second kappa shape index (κ2) is 8.98. The summed E-state index contributed by atoms with van der Waals surface area (Å²) in [6, 6.07) is 19.1. The molecule has 0 radical (unpaired) electrons. The molecule has 3 nitrogen and oxygen atoms in total. The van der Waals surface area contributed by atoms with Crippen LogP contribution in [0.3, 0.4) is 0 Å². The minimum atomic E-state index is -0.0528. The van der Waals surface area contributed by atoms with Crippen LogP contribution in [0.2, 0.25) is 10.0 Å². The molecule has 1 aliphatic rings. The van der Waals surface area contributed by atoms with E-state index >= 15 is 0 Å². The maximum Gasteiger partial charge on any atom is 0.266 e. The Labute approximate surface area is 191 Å². The van der Waals surface area contributed by atoms with E-state index in [1.54, 1.807) is 47.2 Å². The maximum atomic E-state index is 12.6. The Bertz CT molecular complexity index is 1110. The van der Waals surface area contributed by atoms with Crippen molar-refractivity contribution in [3.05, 3.63) is 80.5 Å². The molecular weight excluding hydrogens is 463 g/mol. The fourth-order valence-corrected chi connectivity index (χ4v) is 5.86. The first-order valence-electron chi connectivity index (χ1n) is 8.53. The summed E-state index contributed by atoms with van der Waals surface area (Å²) < 4.78 is 1.15. The number of benzene rings is 2. The Hall–Kier alpha value is -1.70. The number of amidine groups is 1. The lowest BCUT2D eigenvalue weighted by molar-refractivity contribution is -0.121. The van der Waals surface area contributed by atoms with Gasteiger partial charge in [0.25, 0.3) is 5.91 Å². The quantitative estimate of drug-likeness (QED) is 0.366.